The molecule has 1 saturated heterocycles. The molecule has 1 aliphatic rings. The summed E-state index contributed by atoms with van der Waals surface area (Å²) in [6, 6.07) is 16.9. The molecular weight excluding hydrogens is 420 g/mol. The maximum absolute atomic E-state index is 12.9. The van der Waals surface area contributed by atoms with Crippen LogP contribution in [0.1, 0.15) is 34.9 Å². The lowest BCUT2D eigenvalue weighted by Crippen LogP contribution is -2.40. The Labute approximate surface area is 171 Å². The van der Waals surface area contributed by atoms with E-state index in [1.54, 1.807) is 11.6 Å². The number of aryl methyl sites for hydroxylation is 1. The van der Waals surface area contributed by atoms with Crippen LogP contribution < -0.4 is 5.69 Å². The predicted molar refractivity (Wildman–Crippen MR) is 111 cm³/mol. The number of piperidine rings is 1. The average Bonchev–Trinajstić information content (AvgIpc) is 3.03. The summed E-state index contributed by atoms with van der Waals surface area (Å²) in [5.74, 6) is 0.746. The fourth-order valence-electron chi connectivity index (χ4n) is 3.72. The van der Waals surface area contributed by atoms with E-state index in [0.717, 1.165) is 23.0 Å². The number of hydrogen-bond acceptors (Lipinski definition) is 3. The zero-order valence-electron chi connectivity index (χ0n) is 15.6. The van der Waals surface area contributed by atoms with Crippen molar-refractivity contribution in [3.63, 3.8) is 0 Å². The second-order valence-corrected chi connectivity index (χ2v) is 7.95. The molecule has 1 amide bonds. The SMILES string of the molecule is Cn1nc(C2CCCN(C(=O)c3ccc(Br)cc3)C2)n(-c2ccccc2)c1=O. The van der Waals surface area contributed by atoms with E-state index in [4.69, 9.17) is 0 Å². The molecular formula is C21H21BrN4O2. The number of likely N-dealkylation sites (tertiary alicyclic amines) is 1. The minimum Gasteiger partial charge on any atom is -0.338 e. The predicted octanol–water partition coefficient (Wildman–Crippen LogP) is 3.35. The summed E-state index contributed by atoms with van der Waals surface area (Å²) in [6.07, 6.45) is 1.78. The number of carbonyl (C=O) groups is 1. The van der Waals surface area contributed by atoms with Gasteiger partial charge in [0.1, 0.15) is 5.82 Å². The van der Waals surface area contributed by atoms with Gasteiger partial charge in [-0.1, -0.05) is 34.1 Å². The second kappa shape index (κ2) is 7.75. The number of benzene rings is 2. The molecule has 28 heavy (non-hydrogen) atoms. The third kappa shape index (κ3) is 3.54. The average molecular weight is 441 g/mol. The molecule has 1 aromatic heterocycles. The zero-order chi connectivity index (χ0) is 19.7. The van der Waals surface area contributed by atoms with Crippen LogP contribution in [-0.4, -0.2) is 38.2 Å². The van der Waals surface area contributed by atoms with Crippen LogP contribution in [0.25, 0.3) is 5.69 Å². The molecule has 1 aliphatic heterocycles. The molecule has 3 aromatic rings. The molecule has 0 N–H and O–H groups in total. The molecule has 1 atom stereocenters. The minimum atomic E-state index is -0.169. The summed E-state index contributed by atoms with van der Waals surface area (Å²) >= 11 is 3.40. The first-order valence-corrected chi connectivity index (χ1v) is 10.1. The summed E-state index contributed by atoms with van der Waals surface area (Å²) < 4.78 is 3.98. The number of aromatic nitrogens is 3. The Bertz CT molecular complexity index is 1040. The van der Waals surface area contributed by atoms with E-state index in [9.17, 15) is 9.59 Å². The lowest BCUT2D eigenvalue weighted by Gasteiger charge is -2.32. The molecule has 6 nitrogen and oxygen atoms in total. The van der Waals surface area contributed by atoms with Crippen LogP contribution in [0.5, 0.6) is 0 Å². The summed E-state index contributed by atoms with van der Waals surface area (Å²) in [5, 5.41) is 4.51. The molecule has 1 unspecified atom stereocenters. The van der Waals surface area contributed by atoms with Crippen molar-refractivity contribution in [1.82, 2.24) is 19.2 Å². The van der Waals surface area contributed by atoms with Gasteiger partial charge in [0.2, 0.25) is 0 Å². The Morgan fingerprint density at radius 3 is 2.54 bits per heavy atom. The van der Waals surface area contributed by atoms with Crippen molar-refractivity contribution in [2.45, 2.75) is 18.8 Å². The number of rotatable bonds is 3. The van der Waals surface area contributed by atoms with Crippen LogP contribution in [0.15, 0.2) is 63.9 Å². The summed E-state index contributed by atoms with van der Waals surface area (Å²) in [4.78, 5) is 27.5. The maximum Gasteiger partial charge on any atom is 0.350 e. The highest BCUT2D eigenvalue weighted by molar-refractivity contribution is 9.10. The highest BCUT2D eigenvalue weighted by atomic mass is 79.9. The van der Waals surface area contributed by atoms with E-state index < -0.39 is 0 Å². The van der Waals surface area contributed by atoms with Crippen molar-refractivity contribution in [3.05, 3.63) is 80.9 Å². The van der Waals surface area contributed by atoms with Gasteiger partial charge in [-0.25, -0.2) is 14.0 Å². The Morgan fingerprint density at radius 2 is 1.82 bits per heavy atom. The Hall–Kier alpha value is -2.67. The number of nitrogens with zero attached hydrogens (tertiary/aromatic N) is 4. The van der Waals surface area contributed by atoms with Gasteiger partial charge in [-0.05, 0) is 49.2 Å². The van der Waals surface area contributed by atoms with E-state index >= 15 is 0 Å². The first-order chi connectivity index (χ1) is 13.5. The summed E-state index contributed by atoms with van der Waals surface area (Å²) in [5.41, 5.74) is 1.30. The molecule has 1 fully saturated rings. The number of hydrogen-bond donors (Lipinski definition) is 0. The highest BCUT2D eigenvalue weighted by Gasteiger charge is 2.30. The van der Waals surface area contributed by atoms with Crippen LogP contribution in [0.3, 0.4) is 0 Å². The molecule has 0 saturated carbocycles. The van der Waals surface area contributed by atoms with Crippen LogP contribution in [0.4, 0.5) is 0 Å². The highest BCUT2D eigenvalue weighted by Crippen LogP contribution is 2.27. The van der Waals surface area contributed by atoms with Crippen LogP contribution >= 0.6 is 15.9 Å². The number of para-hydroxylation sites is 1. The van der Waals surface area contributed by atoms with Crippen LogP contribution in [0.2, 0.25) is 0 Å². The van der Waals surface area contributed by atoms with E-state index in [-0.39, 0.29) is 17.5 Å². The van der Waals surface area contributed by atoms with Gasteiger partial charge in [-0.3, -0.25) is 4.79 Å². The standard InChI is InChI=1S/C21H21BrN4O2/c1-24-21(28)26(18-7-3-2-4-8-18)19(23-24)16-6-5-13-25(14-16)20(27)15-9-11-17(22)12-10-15/h2-4,7-12,16H,5-6,13-14H2,1H3. The molecule has 2 aromatic carbocycles. The topological polar surface area (TPSA) is 60.1 Å². The molecule has 0 spiro atoms. The monoisotopic (exact) mass is 440 g/mol. The Morgan fingerprint density at radius 1 is 1.11 bits per heavy atom. The van der Waals surface area contributed by atoms with Gasteiger partial charge >= 0.3 is 5.69 Å². The summed E-state index contributed by atoms with van der Waals surface area (Å²) in [6.45, 7) is 1.27. The lowest BCUT2D eigenvalue weighted by molar-refractivity contribution is 0.0704. The van der Waals surface area contributed by atoms with E-state index in [2.05, 4.69) is 21.0 Å². The molecule has 0 radical (unpaired) electrons. The Balaban J connectivity index is 1.64. The van der Waals surface area contributed by atoms with Gasteiger partial charge in [0.15, 0.2) is 0 Å². The Kier molecular flexibility index (Phi) is 5.17. The van der Waals surface area contributed by atoms with Crippen molar-refractivity contribution in [3.8, 4) is 5.69 Å². The van der Waals surface area contributed by atoms with E-state index in [1.165, 1.54) is 4.68 Å². The second-order valence-electron chi connectivity index (χ2n) is 7.03. The van der Waals surface area contributed by atoms with Gasteiger partial charge < -0.3 is 4.90 Å². The quantitative estimate of drug-likeness (QED) is 0.627. The smallest absolute Gasteiger partial charge is 0.338 e. The zero-order valence-corrected chi connectivity index (χ0v) is 17.2. The third-order valence-corrected chi connectivity index (χ3v) is 5.66. The van der Waals surface area contributed by atoms with Gasteiger partial charge in [0, 0.05) is 36.1 Å². The van der Waals surface area contributed by atoms with Crippen LogP contribution in [-0.2, 0) is 7.05 Å². The fourth-order valence-corrected chi connectivity index (χ4v) is 3.98. The molecule has 4 rings (SSSR count). The first kappa shape index (κ1) is 18.7. The number of carbonyl (C=O) groups excluding carboxylic acids is 1. The molecule has 0 bridgehead atoms. The van der Waals surface area contributed by atoms with Crippen molar-refractivity contribution < 1.29 is 4.79 Å². The van der Waals surface area contributed by atoms with Crippen molar-refractivity contribution >= 4 is 21.8 Å². The number of halogens is 1. The van der Waals surface area contributed by atoms with E-state index in [0.29, 0.717) is 24.5 Å². The van der Waals surface area contributed by atoms with Gasteiger partial charge in [-0.15, -0.1) is 0 Å². The first-order valence-electron chi connectivity index (χ1n) is 9.31. The molecule has 2 heterocycles. The van der Waals surface area contributed by atoms with E-state index in [1.807, 2.05) is 59.5 Å². The normalized spacial score (nSPS) is 16.9. The summed E-state index contributed by atoms with van der Waals surface area (Å²) in [7, 11) is 1.67. The van der Waals surface area contributed by atoms with Crippen molar-refractivity contribution in [1.29, 1.82) is 0 Å². The van der Waals surface area contributed by atoms with Crippen molar-refractivity contribution in [2.75, 3.05) is 13.1 Å². The molecule has 144 valence electrons. The number of amides is 1. The third-order valence-electron chi connectivity index (χ3n) is 5.13. The minimum absolute atomic E-state index is 0.0155. The van der Waals surface area contributed by atoms with Crippen molar-refractivity contribution in [2.24, 2.45) is 7.05 Å². The lowest BCUT2D eigenvalue weighted by atomic mass is 9.96. The van der Waals surface area contributed by atoms with Gasteiger partial charge in [0.05, 0.1) is 5.69 Å². The largest absolute Gasteiger partial charge is 0.350 e. The van der Waals surface area contributed by atoms with Crippen LogP contribution in [0, 0.1) is 0 Å². The van der Waals surface area contributed by atoms with Gasteiger partial charge in [-0.2, -0.15) is 5.10 Å². The molecule has 7 heteroatoms. The fraction of sp³-hybridized carbons (Fsp3) is 0.286. The maximum atomic E-state index is 12.9. The van der Waals surface area contributed by atoms with Gasteiger partial charge in [0.25, 0.3) is 5.91 Å². The molecule has 0 aliphatic carbocycles.